The summed E-state index contributed by atoms with van der Waals surface area (Å²) in [4.78, 5) is 19.2. The summed E-state index contributed by atoms with van der Waals surface area (Å²) in [5.74, 6) is 2.15. The van der Waals surface area contributed by atoms with Crippen molar-refractivity contribution >= 4 is 28.7 Å². The van der Waals surface area contributed by atoms with Crippen LogP contribution in [0.1, 0.15) is 21.7 Å². The molecule has 1 amide bonds. The van der Waals surface area contributed by atoms with Gasteiger partial charge in [0.1, 0.15) is 0 Å². The standard InChI is InChI=1S/C14H18N4OS/c1-9-8-11(14(19)18-4-6-20-7-5-18)12-10(2)16-17(3)13(12)15-9/h8H,4-7H2,1-3H3. The summed E-state index contributed by atoms with van der Waals surface area (Å²) in [5.41, 5.74) is 3.25. The molecule has 0 spiro atoms. The lowest BCUT2D eigenvalue weighted by atomic mass is 10.1. The Kier molecular flexibility index (Phi) is 3.41. The van der Waals surface area contributed by atoms with Gasteiger partial charge in [0.05, 0.1) is 16.6 Å². The topological polar surface area (TPSA) is 51.0 Å². The highest BCUT2D eigenvalue weighted by Gasteiger charge is 2.23. The maximum Gasteiger partial charge on any atom is 0.254 e. The molecule has 0 atom stereocenters. The Morgan fingerprint density at radius 2 is 2.00 bits per heavy atom. The van der Waals surface area contributed by atoms with E-state index in [2.05, 4.69) is 10.1 Å². The molecule has 2 aromatic rings. The molecule has 106 valence electrons. The average Bonchev–Trinajstić information content (AvgIpc) is 2.73. The van der Waals surface area contributed by atoms with Gasteiger partial charge in [0, 0.05) is 37.3 Å². The number of amides is 1. The summed E-state index contributed by atoms with van der Waals surface area (Å²) in [6, 6.07) is 1.89. The molecule has 2 aromatic heterocycles. The van der Waals surface area contributed by atoms with Crippen LogP contribution in [-0.4, -0.2) is 50.2 Å². The lowest BCUT2D eigenvalue weighted by Crippen LogP contribution is -2.38. The first-order chi connectivity index (χ1) is 9.58. The van der Waals surface area contributed by atoms with Gasteiger partial charge in [-0.05, 0) is 19.9 Å². The van der Waals surface area contributed by atoms with Gasteiger partial charge in [-0.3, -0.25) is 9.48 Å². The van der Waals surface area contributed by atoms with Crippen LogP contribution in [0, 0.1) is 13.8 Å². The zero-order valence-electron chi connectivity index (χ0n) is 12.0. The summed E-state index contributed by atoms with van der Waals surface area (Å²) < 4.78 is 1.75. The minimum absolute atomic E-state index is 0.108. The highest BCUT2D eigenvalue weighted by molar-refractivity contribution is 7.99. The van der Waals surface area contributed by atoms with Crippen LogP contribution in [0.5, 0.6) is 0 Å². The fraction of sp³-hybridized carbons (Fsp3) is 0.500. The zero-order valence-corrected chi connectivity index (χ0v) is 12.8. The summed E-state index contributed by atoms with van der Waals surface area (Å²) in [6.45, 7) is 5.50. The van der Waals surface area contributed by atoms with Crippen molar-refractivity contribution in [3.05, 3.63) is 23.0 Å². The SMILES string of the molecule is Cc1cc(C(=O)N2CCSCC2)c2c(C)nn(C)c2n1. The van der Waals surface area contributed by atoms with Gasteiger partial charge in [0.25, 0.3) is 5.91 Å². The Morgan fingerprint density at radius 3 is 2.70 bits per heavy atom. The van der Waals surface area contributed by atoms with Crippen molar-refractivity contribution in [1.29, 1.82) is 0 Å². The van der Waals surface area contributed by atoms with E-state index in [1.54, 1.807) is 4.68 Å². The molecule has 1 saturated heterocycles. The molecular formula is C14H18N4OS. The third-order valence-electron chi connectivity index (χ3n) is 3.63. The number of carbonyl (C=O) groups is 1. The minimum Gasteiger partial charge on any atom is -0.337 e. The summed E-state index contributed by atoms with van der Waals surface area (Å²) in [6.07, 6.45) is 0. The molecule has 0 saturated carbocycles. The van der Waals surface area contributed by atoms with Crippen molar-refractivity contribution in [3.63, 3.8) is 0 Å². The highest BCUT2D eigenvalue weighted by atomic mass is 32.2. The first-order valence-corrected chi connectivity index (χ1v) is 7.91. The molecule has 1 aliphatic heterocycles. The molecule has 0 aromatic carbocycles. The van der Waals surface area contributed by atoms with E-state index in [4.69, 9.17) is 0 Å². The van der Waals surface area contributed by atoms with E-state index in [1.807, 2.05) is 43.6 Å². The molecule has 20 heavy (non-hydrogen) atoms. The second kappa shape index (κ2) is 5.09. The lowest BCUT2D eigenvalue weighted by Gasteiger charge is -2.26. The van der Waals surface area contributed by atoms with Gasteiger partial charge in [0.2, 0.25) is 0 Å². The number of fused-ring (bicyclic) bond motifs is 1. The van der Waals surface area contributed by atoms with Gasteiger partial charge >= 0.3 is 0 Å². The zero-order chi connectivity index (χ0) is 14.3. The molecular weight excluding hydrogens is 272 g/mol. The van der Waals surface area contributed by atoms with Crippen LogP contribution in [0.4, 0.5) is 0 Å². The van der Waals surface area contributed by atoms with Crippen LogP contribution in [-0.2, 0) is 7.05 Å². The third kappa shape index (κ3) is 2.18. The van der Waals surface area contributed by atoms with Gasteiger partial charge in [-0.15, -0.1) is 0 Å². The Labute approximate surface area is 122 Å². The van der Waals surface area contributed by atoms with E-state index in [1.165, 1.54) is 0 Å². The Hall–Kier alpha value is -1.56. The molecule has 0 radical (unpaired) electrons. The van der Waals surface area contributed by atoms with Gasteiger partial charge in [0.15, 0.2) is 5.65 Å². The van der Waals surface area contributed by atoms with Crippen molar-refractivity contribution in [2.24, 2.45) is 7.05 Å². The number of aryl methyl sites for hydroxylation is 3. The predicted molar refractivity (Wildman–Crippen MR) is 81.2 cm³/mol. The van der Waals surface area contributed by atoms with Crippen LogP contribution in [0.3, 0.4) is 0 Å². The van der Waals surface area contributed by atoms with Crippen molar-refractivity contribution in [1.82, 2.24) is 19.7 Å². The lowest BCUT2D eigenvalue weighted by molar-refractivity contribution is 0.0774. The number of thioether (sulfide) groups is 1. The molecule has 5 nitrogen and oxygen atoms in total. The maximum absolute atomic E-state index is 12.8. The van der Waals surface area contributed by atoms with Crippen molar-refractivity contribution < 1.29 is 4.79 Å². The van der Waals surface area contributed by atoms with Gasteiger partial charge < -0.3 is 4.90 Å². The number of nitrogens with zero attached hydrogens (tertiary/aromatic N) is 4. The van der Waals surface area contributed by atoms with E-state index in [-0.39, 0.29) is 5.91 Å². The Morgan fingerprint density at radius 1 is 1.30 bits per heavy atom. The summed E-state index contributed by atoms with van der Waals surface area (Å²) in [7, 11) is 1.87. The fourth-order valence-electron chi connectivity index (χ4n) is 2.68. The quantitative estimate of drug-likeness (QED) is 0.803. The van der Waals surface area contributed by atoms with Crippen molar-refractivity contribution in [2.75, 3.05) is 24.6 Å². The van der Waals surface area contributed by atoms with Crippen molar-refractivity contribution in [3.8, 4) is 0 Å². The minimum atomic E-state index is 0.108. The molecule has 0 unspecified atom stereocenters. The molecule has 3 heterocycles. The van der Waals surface area contributed by atoms with Crippen molar-refractivity contribution in [2.45, 2.75) is 13.8 Å². The highest BCUT2D eigenvalue weighted by Crippen LogP contribution is 2.24. The second-order valence-corrected chi connectivity index (χ2v) is 6.35. The number of carbonyl (C=O) groups excluding carboxylic acids is 1. The number of rotatable bonds is 1. The van der Waals surface area contributed by atoms with Crippen LogP contribution in [0.25, 0.3) is 11.0 Å². The van der Waals surface area contributed by atoms with Crippen LogP contribution < -0.4 is 0 Å². The number of hydrogen-bond donors (Lipinski definition) is 0. The van der Waals surface area contributed by atoms with Gasteiger partial charge in [-0.25, -0.2) is 4.98 Å². The Bertz CT molecular complexity index is 673. The van der Waals surface area contributed by atoms with Crippen LogP contribution in [0.15, 0.2) is 6.07 Å². The van der Waals surface area contributed by atoms with E-state index in [0.29, 0.717) is 0 Å². The molecule has 3 rings (SSSR count). The summed E-state index contributed by atoms with van der Waals surface area (Å²) >= 11 is 1.90. The van der Waals surface area contributed by atoms with E-state index >= 15 is 0 Å². The smallest absolute Gasteiger partial charge is 0.254 e. The van der Waals surface area contributed by atoms with Crippen LogP contribution >= 0.6 is 11.8 Å². The first-order valence-electron chi connectivity index (χ1n) is 6.76. The molecule has 6 heteroatoms. The normalized spacial score (nSPS) is 15.8. The predicted octanol–water partition coefficient (Wildman–Crippen LogP) is 1.77. The number of pyridine rings is 1. The van der Waals surface area contributed by atoms with E-state index in [9.17, 15) is 4.79 Å². The molecule has 1 aliphatic rings. The largest absolute Gasteiger partial charge is 0.337 e. The van der Waals surface area contributed by atoms with Crippen LogP contribution in [0.2, 0.25) is 0 Å². The average molecular weight is 290 g/mol. The maximum atomic E-state index is 12.8. The number of hydrogen-bond acceptors (Lipinski definition) is 4. The summed E-state index contributed by atoms with van der Waals surface area (Å²) in [5, 5.41) is 5.29. The van der Waals surface area contributed by atoms with E-state index in [0.717, 1.165) is 52.6 Å². The fourth-order valence-corrected chi connectivity index (χ4v) is 3.58. The third-order valence-corrected chi connectivity index (χ3v) is 4.57. The molecule has 0 aliphatic carbocycles. The van der Waals surface area contributed by atoms with Gasteiger partial charge in [-0.2, -0.15) is 16.9 Å². The molecule has 0 bridgehead atoms. The molecule has 0 N–H and O–H groups in total. The first kappa shape index (κ1) is 13.4. The number of aromatic nitrogens is 3. The molecule has 1 fully saturated rings. The second-order valence-electron chi connectivity index (χ2n) is 5.12. The van der Waals surface area contributed by atoms with Gasteiger partial charge in [-0.1, -0.05) is 0 Å². The Balaban J connectivity index is 2.12. The monoisotopic (exact) mass is 290 g/mol. The van der Waals surface area contributed by atoms with E-state index < -0.39 is 0 Å².